The fourth-order valence-corrected chi connectivity index (χ4v) is 1.68. The van der Waals surface area contributed by atoms with E-state index in [-0.39, 0.29) is 31.5 Å². The molecule has 1 N–H and O–H groups in total. The van der Waals surface area contributed by atoms with Crippen molar-refractivity contribution in [1.29, 1.82) is 0 Å². The third kappa shape index (κ3) is 5.18. The second kappa shape index (κ2) is 8.79. The van der Waals surface area contributed by atoms with Crippen LogP contribution in [-0.4, -0.2) is 30.0 Å². The van der Waals surface area contributed by atoms with Crippen LogP contribution >= 0.6 is 12.4 Å². The van der Waals surface area contributed by atoms with Crippen LogP contribution in [0, 0.1) is 6.92 Å². The van der Waals surface area contributed by atoms with Crippen molar-refractivity contribution in [1.82, 2.24) is 10.3 Å². The van der Waals surface area contributed by atoms with Crippen LogP contribution in [0.25, 0.3) is 0 Å². The van der Waals surface area contributed by atoms with Gasteiger partial charge in [-0.3, -0.25) is 9.78 Å². The number of amides is 1. The van der Waals surface area contributed by atoms with E-state index in [1.54, 1.807) is 30.5 Å². The Labute approximate surface area is 135 Å². The van der Waals surface area contributed by atoms with Gasteiger partial charge >= 0.3 is 5.97 Å². The van der Waals surface area contributed by atoms with Gasteiger partial charge in [0, 0.05) is 18.0 Å². The molecule has 2 aromatic rings. The summed E-state index contributed by atoms with van der Waals surface area (Å²) in [6, 6.07) is 10.5. The molecule has 0 fully saturated rings. The molecule has 1 aromatic heterocycles. The first-order valence-corrected chi connectivity index (χ1v) is 6.59. The van der Waals surface area contributed by atoms with E-state index in [0.717, 1.165) is 5.56 Å². The van der Waals surface area contributed by atoms with Crippen LogP contribution in [0.15, 0.2) is 48.8 Å². The van der Waals surface area contributed by atoms with E-state index < -0.39 is 5.97 Å². The Morgan fingerprint density at radius 2 is 1.86 bits per heavy atom. The van der Waals surface area contributed by atoms with Gasteiger partial charge in [0.15, 0.2) is 0 Å². The number of esters is 1. The summed E-state index contributed by atoms with van der Waals surface area (Å²) in [5.41, 5.74) is 2.07. The van der Waals surface area contributed by atoms with Gasteiger partial charge in [0.05, 0.1) is 12.1 Å². The molecule has 2 rings (SSSR count). The van der Waals surface area contributed by atoms with Crippen LogP contribution in [0.2, 0.25) is 0 Å². The maximum absolute atomic E-state index is 11.8. The molecule has 0 aliphatic carbocycles. The number of halogens is 1. The average molecular weight is 321 g/mol. The number of carbonyl (C=O) groups excluding carboxylic acids is 2. The number of ether oxygens (including phenoxy) is 1. The van der Waals surface area contributed by atoms with Gasteiger partial charge in [-0.05, 0) is 31.2 Å². The van der Waals surface area contributed by atoms with E-state index in [0.29, 0.717) is 11.1 Å². The number of nitrogens with zero attached hydrogens (tertiary/aromatic N) is 1. The Morgan fingerprint density at radius 3 is 2.50 bits per heavy atom. The van der Waals surface area contributed by atoms with Gasteiger partial charge < -0.3 is 10.1 Å². The van der Waals surface area contributed by atoms with Crippen molar-refractivity contribution in [3.8, 4) is 0 Å². The lowest BCUT2D eigenvalue weighted by molar-refractivity contribution is 0.0502. The van der Waals surface area contributed by atoms with E-state index in [1.807, 2.05) is 19.1 Å². The molecular formula is C16H17ClN2O3. The highest BCUT2D eigenvalue weighted by molar-refractivity contribution is 5.94. The summed E-state index contributed by atoms with van der Waals surface area (Å²) < 4.78 is 5.04. The lowest BCUT2D eigenvalue weighted by Crippen LogP contribution is -2.28. The molecule has 6 heteroatoms. The van der Waals surface area contributed by atoms with Crippen molar-refractivity contribution in [2.75, 3.05) is 13.2 Å². The summed E-state index contributed by atoms with van der Waals surface area (Å²) in [7, 11) is 0. The molecule has 1 aromatic carbocycles. The fraction of sp³-hybridized carbons (Fsp3) is 0.188. The summed E-state index contributed by atoms with van der Waals surface area (Å²) in [5, 5.41) is 2.69. The molecule has 1 amide bonds. The number of benzene rings is 1. The summed E-state index contributed by atoms with van der Waals surface area (Å²) >= 11 is 0. The van der Waals surface area contributed by atoms with Crippen molar-refractivity contribution < 1.29 is 14.3 Å². The van der Waals surface area contributed by atoms with Crippen molar-refractivity contribution in [3.63, 3.8) is 0 Å². The average Bonchev–Trinajstić information content (AvgIpc) is 2.52. The molecule has 0 radical (unpaired) electrons. The Bertz CT molecular complexity index is 615. The van der Waals surface area contributed by atoms with Crippen molar-refractivity contribution >= 4 is 24.3 Å². The lowest BCUT2D eigenvalue weighted by atomic mass is 10.1. The van der Waals surface area contributed by atoms with Crippen LogP contribution < -0.4 is 5.32 Å². The van der Waals surface area contributed by atoms with Gasteiger partial charge in [0.25, 0.3) is 5.91 Å². The van der Waals surface area contributed by atoms with Crippen LogP contribution in [-0.2, 0) is 4.74 Å². The predicted octanol–water partition coefficient (Wildman–Crippen LogP) is 2.40. The highest BCUT2D eigenvalue weighted by Gasteiger charge is 2.07. The van der Waals surface area contributed by atoms with E-state index in [4.69, 9.17) is 4.74 Å². The lowest BCUT2D eigenvalue weighted by Gasteiger charge is -2.07. The first-order chi connectivity index (χ1) is 10.2. The Kier molecular flexibility index (Phi) is 7.05. The summed E-state index contributed by atoms with van der Waals surface area (Å²) in [4.78, 5) is 27.3. The molecule has 1 heterocycles. The molecule has 0 spiro atoms. The number of carbonyl (C=O) groups is 2. The molecule has 0 aliphatic rings. The maximum atomic E-state index is 11.8. The molecule has 5 nitrogen and oxygen atoms in total. The Morgan fingerprint density at radius 1 is 1.14 bits per heavy atom. The zero-order chi connectivity index (χ0) is 15.1. The summed E-state index contributed by atoms with van der Waals surface area (Å²) in [6.45, 7) is 2.34. The third-order valence-electron chi connectivity index (χ3n) is 2.83. The van der Waals surface area contributed by atoms with Crippen LogP contribution in [0.1, 0.15) is 26.3 Å². The van der Waals surface area contributed by atoms with Gasteiger partial charge in [-0.15, -0.1) is 12.4 Å². The second-order valence-electron chi connectivity index (χ2n) is 4.50. The molecule has 0 saturated heterocycles. The molecule has 116 valence electrons. The largest absolute Gasteiger partial charge is 0.460 e. The quantitative estimate of drug-likeness (QED) is 0.678. The van der Waals surface area contributed by atoms with Crippen molar-refractivity contribution in [2.45, 2.75) is 6.92 Å². The van der Waals surface area contributed by atoms with Gasteiger partial charge in [-0.2, -0.15) is 0 Å². The zero-order valence-corrected chi connectivity index (χ0v) is 12.9. The maximum Gasteiger partial charge on any atom is 0.339 e. The molecular weight excluding hydrogens is 304 g/mol. The Hall–Kier alpha value is -2.40. The number of aryl methyl sites for hydroxylation is 1. The minimum atomic E-state index is -0.451. The molecule has 0 saturated carbocycles. The minimum Gasteiger partial charge on any atom is -0.460 e. The molecule has 0 unspecified atom stereocenters. The van der Waals surface area contributed by atoms with Crippen molar-refractivity contribution in [3.05, 3.63) is 65.5 Å². The number of nitrogens with one attached hydrogen (secondary N) is 1. The number of pyridine rings is 1. The first kappa shape index (κ1) is 17.7. The van der Waals surface area contributed by atoms with Gasteiger partial charge in [0.1, 0.15) is 6.61 Å². The minimum absolute atomic E-state index is 0. The standard InChI is InChI=1S/C16H16N2O3.ClH/c1-12-4-6-13(7-5-12)15(19)18-9-10-21-16(20)14-3-2-8-17-11-14;/h2-8,11H,9-10H2,1H3,(H,18,19);1H. The van der Waals surface area contributed by atoms with Crippen LogP contribution in [0.3, 0.4) is 0 Å². The van der Waals surface area contributed by atoms with Gasteiger partial charge in [-0.25, -0.2) is 4.79 Å². The van der Waals surface area contributed by atoms with E-state index in [9.17, 15) is 9.59 Å². The first-order valence-electron chi connectivity index (χ1n) is 6.59. The van der Waals surface area contributed by atoms with E-state index >= 15 is 0 Å². The van der Waals surface area contributed by atoms with Crippen LogP contribution in [0.4, 0.5) is 0 Å². The second-order valence-corrected chi connectivity index (χ2v) is 4.50. The third-order valence-corrected chi connectivity index (χ3v) is 2.83. The van der Waals surface area contributed by atoms with Crippen molar-refractivity contribution in [2.24, 2.45) is 0 Å². The van der Waals surface area contributed by atoms with Gasteiger partial charge in [-0.1, -0.05) is 17.7 Å². The molecule has 0 bridgehead atoms. The zero-order valence-electron chi connectivity index (χ0n) is 12.1. The monoisotopic (exact) mass is 320 g/mol. The summed E-state index contributed by atoms with van der Waals surface area (Å²) in [5.74, 6) is -0.639. The fourth-order valence-electron chi connectivity index (χ4n) is 1.68. The highest BCUT2D eigenvalue weighted by atomic mass is 35.5. The van der Waals surface area contributed by atoms with E-state index in [2.05, 4.69) is 10.3 Å². The number of hydrogen-bond donors (Lipinski definition) is 1. The molecule has 0 aliphatic heterocycles. The van der Waals surface area contributed by atoms with E-state index in [1.165, 1.54) is 6.20 Å². The molecule has 0 atom stereocenters. The predicted molar refractivity (Wildman–Crippen MR) is 85.3 cm³/mol. The Balaban J connectivity index is 0.00000242. The van der Waals surface area contributed by atoms with Gasteiger partial charge in [0.2, 0.25) is 0 Å². The number of aromatic nitrogens is 1. The SMILES string of the molecule is Cc1ccc(C(=O)NCCOC(=O)c2cccnc2)cc1.Cl. The smallest absolute Gasteiger partial charge is 0.339 e. The number of rotatable bonds is 5. The normalized spacial score (nSPS) is 9.50. The number of hydrogen-bond acceptors (Lipinski definition) is 4. The topological polar surface area (TPSA) is 68.3 Å². The highest BCUT2D eigenvalue weighted by Crippen LogP contribution is 2.02. The van der Waals surface area contributed by atoms with Crippen LogP contribution in [0.5, 0.6) is 0 Å². The summed E-state index contributed by atoms with van der Waals surface area (Å²) in [6.07, 6.45) is 3.02. The molecule has 22 heavy (non-hydrogen) atoms.